The van der Waals surface area contributed by atoms with E-state index in [9.17, 15) is 4.79 Å². The SMILES string of the molecule is O=C\C=C/C=C/C=C/C=C/C=C/c1ccco1. The second-order valence-corrected chi connectivity index (χ2v) is 3.05. The molecule has 1 aromatic rings. The monoisotopic (exact) mass is 226 g/mol. The van der Waals surface area contributed by atoms with Gasteiger partial charge < -0.3 is 4.42 Å². The van der Waals surface area contributed by atoms with Crippen molar-refractivity contribution in [3.8, 4) is 0 Å². The highest BCUT2D eigenvalue weighted by molar-refractivity contribution is 5.65. The van der Waals surface area contributed by atoms with Crippen LogP contribution >= 0.6 is 0 Å². The molecule has 17 heavy (non-hydrogen) atoms. The average Bonchev–Trinajstić information content (AvgIpc) is 2.85. The van der Waals surface area contributed by atoms with Crippen LogP contribution in [0.4, 0.5) is 0 Å². The topological polar surface area (TPSA) is 30.2 Å². The Labute approximate surface area is 101 Å². The van der Waals surface area contributed by atoms with Crippen LogP contribution in [0.5, 0.6) is 0 Å². The van der Waals surface area contributed by atoms with Gasteiger partial charge in [0.25, 0.3) is 0 Å². The maximum absolute atomic E-state index is 9.94. The van der Waals surface area contributed by atoms with E-state index in [1.165, 1.54) is 6.08 Å². The molecule has 0 aromatic carbocycles. The molecule has 0 bridgehead atoms. The van der Waals surface area contributed by atoms with Gasteiger partial charge in [-0.25, -0.2) is 0 Å². The summed E-state index contributed by atoms with van der Waals surface area (Å²) < 4.78 is 5.13. The van der Waals surface area contributed by atoms with Crippen molar-refractivity contribution in [2.45, 2.75) is 0 Å². The van der Waals surface area contributed by atoms with Gasteiger partial charge in [0.2, 0.25) is 0 Å². The molecule has 0 amide bonds. The van der Waals surface area contributed by atoms with Gasteiger partial charge in [-0.05, 0) is 24.3 Å². The standard InChI is InChI=1S/C15H14O2/c16-13-9-7-5-3-1-2-4-6-8-11-15-12-10-14-17-15/h1-14H/b2-1+,5-3+,6-4+,9-7-,11-8+. The first kappa shape index (κ1) is 12.7. The summed E-state index contributed by atoms with van der Waals surface area (Å²) >= 11 is 0. The zero-order valence-corrected chi connectivity index (χ0v) is 9.40. The quantitative estimate of drug-likeness (QED) is 0.420. The number of aldehydes is 1. The van der Waals surface area contributed by atoms with Crippen molar-refractivity contribution in [1.82, 2.24) is 0 Å². The van der Waals surface area contributed by atoms with E-state index in [1.54, 1.807) is 18.4 Å². The number of allylic oxidation sites excluding steroid dienone is 9. The Bertz CT molecular complexity index is 443. The van der Waals surface area contributed by atoms with Crippen molar-refractivity contribution in [2.24, 2.45) is 0 Å². The van der Waals surface area contributed by atoms with Crippen molar-refractivity contribution in [3.05, 3.63) is 78.8 Å². The second-order valence-electron chi connectivity index (χ2n) is 3.05. The summed E-state index contributed by atoms with van der Waals surface area (Å²) in [6.07, 6.45) is 20.5. The van der Waals surface area contributed by atoms with Gasteiger partial charge in [0, 0.05) is 0 Å². The van der Waals surface area contributed by atoms with Gasteiger partial charge in [-0.3, -0.25) is 4.79 Å². The predicted molar refractivity (Wildman–Crippen MR) is 70.4 cm³/mol. The molecule has 0 aliphatic rings. The molecule has 0 saturated carbocycles. The van der Waals surface area contributed by atoms with Crippen LogP contribution in [-0.4, -0.2) is 6.29 Å². The van der Waals surface area contributed by atoms with E-state index in [0.29, 0.717) is 0 Å². The Morgan fingerprint density at radius 1 is 0.824 bits per heavy atom. The lowest BCUT2D eigenvalue weighted by molar-refractivity contribution is -0.104. The molecule has 2 heteroatoms. The summed E-state index contributed by atoms with van der Waals surface area (Å²) in [6.45, 7) is 0. The van der Waals surface area contributed by atoms with E-state index in [4.69, 9.17) is 4.42 Å². The molecule has 1 rings (SSSR count). The number of rotatable bonds is 6. The maximum atomic E-state index is 9.94. The van der Waals surface area contributed by atoms with Crippen LogP contribution < -0.4 is 0 Å². The number of furan rings is 1. The maximum Gasteiger partial charge on any atom is 0.142 e. The largest absolute Gasteiger partial charge is 0.465 e. The molecule has 0 fully saturated rings. The molecule has 1 aromatic heterocycles. The van der Waals surface area contributed by atoms with Crippen LogP contribution in [0.25, 0.3) is 6.08 Å². The van der Waals surface area contributed by atoms with Crippen LogP contribution in [-0.2, 0) is 4.79 Å². The fourth-order valence-electron chi connectivity index (χ4n) is 1.03. The Hall–Kier alpha value is -2.35. The molecule has 2 nitrogen and oxygen atoms in total. The molecular weight excluding hydrogens is 212 g/mol. The van der Waals surface area contributed by atoms with E-state index < -0.39 is 0 Å². The summed E-state index contributed by atoms with van der Waals surface area (Å²) in [5, 5.41) is 0. The van der Waals surface area contributed by atoms with Crippen molar-refractivity contribution >= 4 is 12.4 Å². The zero-order chi connectivity index (χ0) is 12.2. The number of carbonyl (C=O) groups is 1. The lowest BCUT2D eigenvalue weighted by Gasteiger charge is -1.79. The molecule has 0 spiro atoms. The number of hydrogen-bond acceptors (Lipinski definition) is 2. The molecule has 86 valence electrons. The fraction of sp³-hybridized carbons (Fsp3) is 0. The molecule has 0 saturated heterocycles. The minimum absolute atomic E-state index is 0.743. The molecule has 0 aliphatic heterocycles. The Kier molecular flexibility index (Phi) is 6.67. The van der Waals surface area contributed by atoms with E-state index in [-0.39, 0.29) is 0 Å². The first-order valence-corrected chi connectivity index (χ1v) is 5.25. The van der Waals surface area contributed by atoms with Crippen molar-refractivity contribution in [3.63, 3.8) is 0 Å². The average molecular weight is 226 g/mol. The van der Waals surface area contributed by atoms with Crippen LogP contribution in [0, 0.1) is 0 Å². The number of hydrogen-bond donors (Lipinski definition) is 0. The number of carbonyl (C=O) groups excluding carboxylic acids is 1. The molecule has 0 radical (unpaired) electrons. The summed E-state index contributed by atoms with van der Waals surface area (Å²) in [6, 6.07) is 3.74. The summed E-state index contributed by atoms with van der Waals surface area (Å²) in [7, 11) is 0. The summed E-state index contributed by atoms with van der Waals surface area (Å²) in [5.41, 5.74) is 0. The first-order valence-electron chi connectivity index (χ1n) is 5.25. The van der Waals surface area contributed by atoms with Crippen LogP contribution in [0.1, 0.15) is 5.76 Å². The van der Waals surface area contributed by atoms with E-state index in [1.807, 2.05) is 54.7 Å². The minimum Gasteiger partial charge on any atom is -0.465 e. The Balaban J connectivity index is 2.26. The van der Waals surface area contributed by atoms with Crippen LogP contribution in [0.15, 0.2) is 77.5 Å². The zero-order valence-electron chi connectivity index (χ0n) is 9.40. The third kappa shape index (κ3) is 6.68. The minimum atomic E-state index is 0.743. The third-order valence-electron chi connectivity index (χ3n) is 1.77. The van der Waals surface area contributed by atoms with Gasteiger partial charge >= 0.3 is 0 Å². The van der Waals surface area contributed by atoms with Gasteiger partial charge in [-0.1, -0.05) is 48.6 Å². The van der Waals surface area contributed by atoms with Crippen molar-refractivity contribution in [2.75, 3.05) is 0 Å². The molecule has 0 atom stereocenters. The van der Waals surface area contributed by atoms with Crippen molar-refractivity contribution in [1.29, 1.82) is 0 Å². The molecule has 0 unspecified atom stereocenters. The lowest BCUT2D eigenvalue weighted by Crippen LogP contribution is -1.58. The van der Waals surface area contributed by atoms with Crippen molar-refractivity contribution < 1.29 is 9.21 Å². The molecule has 0 N–H and O–H groups in total. The van der Waals surface area contributed by atoms with Gasteiger partial charge in [0.15, 0.2) is 0 Å². The van der Waals surface area contributed by atoms with Crippen LogP contribution in [0.3, 0.4) is 0 Å². The molecule has 0 aliphatic carbocycles. The summed E-state index contributed by atoms with van der Waals surface area (Å²) in [5.74, 6) is 0.831. The summed E-state index contributed by atoms with van der Waals surface area (Å²) in [4.78, 5) is 9.94. The molecule has 1 heterocycles. The Morgan fingerprint density at radius 2 is 1.41 bits per heavy atom. The van der Waals surface area contributed by atoms with E-state index >= 15 is 0 Å². The van der Waals surface area contributed by atoms with Gasteiger partial charge in [0.1, 0.15) is 12.0 Å². The lowest BCUT2D eigenvalue weighted by atomic mass is 10.3. The van der Waals surface area contributed by atoms with Gasteiger partial charge in [-0.2, -0.15) is 0 Å². The highest BCUT2D eigenvalue weighted by Gasteiger charge is 1.83. The highest BCUT2D eigenvalue weighted by Crippen LogP contribution is 2.01. The highest BCUT2D eigenvalue weighted by atomic mass is 16.3. The normalized spacial score (nSPS) is 12.9. The van der Waals surface area contributed by atoms with Gasteiger partial charge in [0.05, 0.1) is 6.26 Å². The molecular formula is C15H14O2. The van der Waals surface area contributed by atoms with Gasteiger partial charge in [-0.15, -0.1) is 0 Å². The van der Waals surface area contributed by atoms with Crippen LogP contribution in [0.2, 0.25) is 0 Å². The Morgan fingerprint density at radius 3 is 1.94 bits per heavy atom. The predicted octanol–water partition coefficient (Wildman–Crippen LogP) is 3.72. The smallest absolute Gasteiger partial charge is 0.142 e. The third-order valence-corrected chi connectivity index (χ3v) is 1.77. The van der Waals surface area contributed by atoms with E-state index in [0.717, 1.165) is 12.0 Å². The van der Waals surface area contributed by atoms with E-state index in [2.05, 4.69) is 0 Å². The second kappa shape index (κ2) is 8.92. The fourth-order valence-corrected chi connectivity index (χ4v) is 1.03. The first-order chi connectivity index (χ1) is 8.43.